The smallest absolute Gasteiger partial charge is 0.274 e. The van der Waals surface area contributed by atoms with Gasteiger partial charge in [-0.05, 0) is 18.6 Å². The number of carbonyl (C=O) groups excluding carboxylic acids is 1. The Morgan fingerprint density at radius 3 is 2.50 bits per heavy atom. The Morgan fingerprint density at radius 1 is 1.15 bits per heavy atom. The Labute approximate surface area is 116 Å². The molecule has 0 aliphatic heterocycles. The van der Waals surface area contributed by atoms with E-state index < -0.39 is 4.92 Å². The second-order valence-corrected chi connectivity index (χ2v) is 4.42. The van der Waals surface area contributed by atoms with Crippen LogP contribution in [0.5, 0.6) is 0 Å². The van der Waals surface area contributed by atoms with E-state index in [1.165, 1.54) is 6.07 Å². The minimum absolute atomic E-state index is 0.00233. The number of hydrogen-bond acceptors (Lipinski definition) is 3. The zero-order valence-corrected chi connectivity index (χ0v) is 11.0. The molecule has 0 heterocycles. The van der Waals surface area contributed by atoms with Gasteiger partial charge in [0.2, 0.25) is 5.91 Å². The molecule has 0 fully saturated rings. The predicted octanol–water partition coefficient (Wildman–Crippen LogP) is 3.08. The normalized spacial score (nSPS) is 10.1. The monoisotopic (exact) mass is 270 g/mol. The van der Waals surface area contributed by atoms with E-state index in [0.717, 1.165) is 5.56 Å². The van der Waals surface area contributed by atoms with E-state index in [4.69, 9.17) is 0 Å². The average Bonchev–Trinajstić information content (AvgIpc) is 2.42. The first-order valence-electron chi connectivity index (χ1n) is 6.15. The molecule has 5 nitrogen and oxygen atoms in total. The summed E-state index contributed by atoms with van der Waals surface area (Å²) < 4.78 is 0. The fourth-order valence-electron chi connectivity index (χ4n) is 1.93. The quantitative estimate of drug-likeness (QED) is 0.685. The zero-order valence-electron chi connectivity index (χ0n) is 11.0. The van der Waals surface area contributed by atoms with Gasteiger partial charge >= 0.3 is 0 Å². The van der Waals surface area contributed by atoms with Crippen LogP contribution in [0.1, 0.15) is 11.1 Å². The molecule has 0 aliphatic carbocycles. The van der Waals surface area contributed by atoms with Crippen LogP contribution < -0.4 is 5.32 Å². The third-order valence-corrected chi connectivity index (χ3v) is 2.98. The summed E-state index contributed by atoms with van der Waals surface area (Å²) in [6.07, 6.45) is 0.239. The number of carbonyl (C=O) groups is 1. The average molecular weight is 270 g/mol. The molecule has 0 spiro atoms. The summed E-state index contributed by atoms with van der Waals surface area (Å²) in [5.74, 6) is -0.195. The highest BCUT2D eigenvalue weighted by atomic mass is 16.6. The van der Waals surface area contributed by atoms with Gasteiger partial charge in [-0.15, -0.1) is 0 Å². The molecule has 0 saturated heterocycles. The van der Waals surface area contributed by atoms with E-state index in [0.29, 0.717) is 11.3 Å². The van der Waals surface area contributed by atoms with Crippen LogP contribution in [0.15, 0.2) is 48.5 Å². The molecule has 0 saturated carbocycles. The second-order valence-electron chi connectivity index (χ2n) is 4.42. The summed E-state index contributed by atoms with van der Waals surface area (Å²) in [5, 5.41) is 13.6. The summed E-state index contributed by atoms with van der Waals surface area (Å²) in [6.45, 7) is 1.62. The third-order valence-electron chi connectivity index (χ3n) is 2.98. The maximum Gasteiger partial charge on any atom is 0.274 e. The van der Waals surface area contributed by atoms with Crippen LogP contribution in [0.25, 0.3) is 0 Å². The van der Waals surface area contributed by atoms with Crippen LogP contribution in [0, 0.1) is 17.0 Å². The lowest BCUT2D eigenvalue weighted by atomic mass is 10.1. The van der Waals surface area contributed by atoms with Crippen LogP contribution in [0.3, 0.4) is 0 Å². The minimum Gasteiger partial charge on any atom is -0.325 e. The second kappa shape index (κ2) is 5.97. The molecule has 0 atom stereocenters. The summed E-state index contributed by atoms with van der Waals surface area (Å²) in [7, 11) is 0. The molecule has 0 aromatic heterocycles. The molecule has 20 heavy (non-hydrogen) atoms. The number of nitrogens with one attached hydrogen (secondary N) is 1. The molecular weight excluding hydrogens is 256 g/mol. The van der Waals surface area contributed by atoms with Gasteiger partial charge in [0.05, 0.1) is 22.6 Å². The molecule has 2 aromatic carbocycles. The van der Waals surface area contributed by atoms with Crippen LogP contribution >= 0.6 is 0 Å². The lowest BCUT2D eigenvalue weighted by Gasteiger charge is -2.08. The van der Waals surface area contributed by atoms with Crippen molar-refractivity contribution in [3.63, 3.8) is 0 Å². The fraction of sp³-hybridized carbons (Fsp3) is 0.133. The number of hydrogen-bond donors (Lipinski definition) is 1. The van der Waals surface area contributed by atoms with Crippen molar-refractivity contribution in [2.45, 2.75) is 13.3 Å². The van der Waals surface area contributed by atoms with Gasteiger partial charge in [0.1, 0.15) is 0 Å². The number of nitro groups is 1. The van der Waals surface area contributed by atoms with E-state index in [-0.39, 0.29) is 18.0 Å². The van der Waals surface area contributed by atoms with E-state index in [1.807, 2.05) is 30.3 Å². The summed E-state index contributed by atoms with van der Waals surface area (Å²) >= 11 is 0. The van der Waals surface area contributed by atoms with Gasteiger partial charge in [0.25, 0.3) is 5.69 Å². The Balaban J connectivity index is 2.12. The lowest BCUT2D eigenvalue weighted by Crippen LogP contribution is -2.15. The highest BCUT2D eigenvalue weighted by Gasteiger charge is 2.14. The molecule has 1 amide bonds. The minimum atomic E-state index is -0.456. The van der Waals surface area contributed by atoms with Crippen molar-refractivity contribution in [1.29, 1.82) is 0 Å². The van der Waals surface area contributed by atoms with Crippen molar-refractivity contribution < 1.29 is 9.72 Å². The lowest BCUT2D eigenvalue weighted by molar-refractivity contribution is -0.385. The van der Waals surface area contributed by atoms with Gasteiger partial charge in [0.15, 0.2) is 0 Å². The Bertz CT molecular complexity index is 639. The molecule has 0 radical (unpaired) electrons. The standard InChI is InChI=1S/C15H14N2O3/c1-11-13(8-5-9-14(11)17(19)20)16-15(18)10-12-6-3-2-4-7-12/h2-9H,10H2,1H3,(H,16,18). The van der Waals surface area contributed by atoms with E-state index in [9.17, 15) is 14.9 Å². The number of nitro benzene ring substituents is 1. The van der Waals surface area contributed by atoms with Crippen molar-refractivity contribution in [2.75, 3.05) is 5.32 Å². The Hall–Kier alpha value is -2.69. The largest absolute Gasteiger partial charge is 0.325 e. The molecule has 102 valence electrons. The van der Waals surface area contributed by atoms with Gasteiger partial charge < -0.3 is 5.32 Å². The number of amides is 1. The van der Waals surface area contributed by atoms with Gasteiger partial charge in [0, 0.05) is 6.07 Å². The third kappa shape index (κ3) is 3.20. The Kier molecular flexibility index (Phi) is 4.10. The zero-order chi connectivity index (χ0) is 14.5. The molecule has 1 N–H and O–H groups in total. The summed E-state index contributed by atoms with van der Waals surface area (Å²) in [5.41, 5.74) is 1.83. The summed E-state index contributed by atoms with van der Waals surface area (Å²) in [4.78, 5) is 22.3. The van der Waals surface area contributed by atoms with Gasteiger partial charge in [-0.2, -0.15) is 0 Å². The molecule has 0 aliphatic rings. The fourth-order valence-corrected chi connectivity index (χ4v) is 1.93. The number of nitrogens with zero attached hydrogens (tertiary/aromatic N) is 1. The first-order valence-corrected chi connectivity index (χ1v) is 6.15. The molecule has 2 rings (SSSR count). The molecule has 0 unspecified atom stereocenters. The predicted molar refractivity (Wildman–Crippen MR) is 76.6 cm³/mol. The van der Waals surface area contributed by atoms with E-state index in [2.05, 4.69) is 5.32 Å². The van der Waals surface area contributed by atoms with Gasteiger partial charge in [-0.3, -0.25) is 14.9 Å². The Morgan fingerprint density at radius 2 is 1.85 bits per heavy atom. The molecular formula is C15H14N2O3. The first-order chi connectivity index (χ1) is 9.58. The van der Waals surface area contributed by atoms with Crippen LogP contribution in [0.2, 0.25) is 0 Å². The van der Waals surface area contributed by atoms with Gasteiger partial charge in [-0.1, -0.05) is 36.4 Å². The summed E-state index contributed by atoms with van der Waals surface area (Å²) in [6, 6.07) is 14.0. The number of benzene rings is 2. The molecule has 5 heteroatoms. The topological polar surface area (TPSA) is 72.2 Å². The van der Waals surface area contributed by atoms with Crippen LogP contribution in [-0.4, -0.2) is 10.8 Å². The first kappa shape index (κ1) is 13.7. The molecule has 2 aromatic rings. The SMILES string of the molecule is Cc1c(NC(=O)Cc2ccccc2)cccc1[N+](=O)[O-]. The number of anilines is 1. The van der Waals surface area contributed by atoms with Crippen molar-refractivity contribution in [2.24, 2.45) is 0 Å². The highest BCUT2D eigenvalue weighted by Crippen LogP contribution is 2.25. The maximum atomic E-state index is 11.9. The van der Waals surface area contributed by atoms with Crippen molar-refractivity contribution in [3.8, 4) is 0 Å². The highest BCUT2D eigenvalue weighted by molar-refractivity contribution is 5.93. The van der Waals surface area contributed by atoms with E-state index >= 15 is 0 Å². The van der Waals surface area contributed by atoms with Crippen LogP contribution in [0.4, 0.5) is 11.4 Å². The van der Waals surface area contributed by atoms with Crippen molar-refractivity contribution in [3.05, 3.63) is 69.8 Å². The number of rotatable bonds is 4. The van der Waals surface area contributed by atoms with Crippen molar-refractivity contribution in [1.82, 2.24) is 0 Å². The van der Waals surface area contributed by atoms with E-state index in [1.54, 1.807) is 19.1 Å². The van der Waals surface area contributed by atoms with Crippen molar-refractivity contribution >= 4 is 17.3 Å². The van der Waals surface area contributed by atoms with Gasteiger partial charge in [-0.25, -0.2) is 0 Å². The maximum absolute atomic E-state index is 11.9. The van der Waals surface area contributed by atoms with Crippen LogP contribution in [-0.2, 0) is 11.2 Å². The molecule has 0 bridgehead atoms.